The number of benzene rings is 2. The summed E-state index contributed by atoms with van der Waals surface area (Å²) in [7, 11) is 1.62. The summed E-state index contributed by atoms with van der Waals surface area (Å²) >= 11 is 0. The van der Waals surface area contributed by atoms with Gasteiger partial charge in [0.05, 0.1) is 44.1 Å². The summed E-state index contributed by atoms with van der Waals surface area (Å²) in [4.78, 5) is 9.05. The molecule has 0 unspecified atom stereocenters. The number of ether oxygens (including phenoxy) is 2. The summed E-state index contributed by atoms with van der Waals surface area (Å²) in [6.45, 7) is 5.26. The number of methoxy groups -OCH3 is 1. The van der Waals surface area contributed by atoms with Gasteiger partial charge in [-0.3, -0.25) is 14.8 Å². The topological polar surface area (TPSA) is 78.3 Å². The number of likely N-dealkylation sites (tertiary alicyclic amines) is 1. The van der Waals surface area contributed by atoms with Crippen LogP contribution >= 0.6 is 0 Å². The number of aliphatic hydroxyl groups excluding tert-OH is 2. The van der Waals surface area contributed by atoms with E-state index in [1.807, 2.05) is 24.4 Å². The highest BCUT2D eigenvalue weighted by molar-refractivity contribution is 5.85. The van der Waals surface area contributed by atoms with Gasteiger partial charge in [0.15, 0.2) is 11.6 Å². The molecule has 1 aromatic heterocycles. The van der Waals surface area contributed by atoms with E-state index in [4.69, 9.17) is 9.47 Å². The van der Waals surface area contributed by atoms with Crippen LogP contribution in [0, 0.1) is 34.7 Å². The fourth-order valence-electron chi connectivity index (χ4n) is 6.03. The number of pyridine rings is 1. The first kappa shape index (κ1) is 31.2. The van der Waals surface area contributed by atoms with Gasteiger partial charge in [-0.25, -0.2) is 13.2 Å². The Kier molecular flexibility index (Phi) is 10.2. The van der Waals surface area contributed by atoms with Crippen LogP contribution in [0.2, 0.25) is 0 Å². The predicted molar refractivity (Wildman–Crippen MR) is 157 cm³/mol. The molecule has 0 aliphatic carbocycles. The molecule has 2 aliphatic heterocycles. The third kappa shape index (κ3) is 7.48. The number of halogens is 3. The minimum absolute atomic E-state index is 0.00142. The highest BCUT2D eigenvalue weighted by atomic mass is 19.2. The second-order valence-corrected chi connectivity index (χ2v) is 11.5. The second kappa shape index (κ2) is 14.1. The van der Waals surface area contributed by atoms with E-state index >= 15 is 0 Å². The summed E-state index contributed by atoms with van der Waals surface area (Å²) in [5, 5.41) is 23.0. The van der Waals surface area contributed by atoms with Crippen molar-refractivity contribution in [2.75, 3.05) is 59.7 Å². The number of fused-ring (bicyclic) bond motifs is 1. The van der Waals surface area contributed by atoms with Crippen LogP contribution in [0.4, 0.5) is 13.2 Å². The average Bonchev–Trinajstić information content (AvgIpc) is 3.03. The van der Waals surface area contributed by atoms with Crippen LogP contribution in [-0.4, -0.2) is 84.7 Å². The third-order valence-corrected chi connectivity index (χ3v) is 8.75. The number of hydrogen-bond donors (Lipinski definition) is 2. The number of morpholine rings is 1. The van der Waals surface area contributed by atoms with Gasteiger partial charge in [0.25, 0.3) is 0 Å². The Balaban J connectivity index is 1.26. The molecular formula is C33H38F3N3O4. The van der Waals surface area contributed by atoms with Crippen LogP contribution in [-0.2, 0) is 11.3 Å². The smallest absolute Gasteiger partial charge is 0.174 e. The number of aromatic nitrogens is 1. The molecule has 3 heterocycles. The first-order valence-electron chi connectivity index (χ1n) is 14.7. The Morgan fingerprint density at radius 1 is 1.07 bits per heavy atom. The van der Waals surface area contributed by atoms with Crippen LogP contribution in [0.5, 0.6) is 5.75 Å². The van der Waals surface area contributed by atoms with Gasteiger partial charge < -0.3 is 19.7 Å². The lowest BCUT2D eigenvalue weighted by molar-refractivity contribution is 0.0262. The molecule has 2 aromatic carbocycles. The Hall–Kier alpha value is -3.20. The van der Waals surface area contributed by atoms with Gasteiger partial charge in [-0.15, -0.1) is 0 Å². The molecule has 230 valence electrons. The lowest BCUT2D eigenvalue weighted by Gasteiger charge is -2.40. The van der Waals surface area contributed by atoms with Crippen molar-refractivity contribution in [3.8, 4) is 17.6 Å². The number of rotatable bonds is 9. The zero-order valence-electron chi connectivity index (χ0n) is 24.4. The molecule has 10 heteroatoms. The van der Waals surface area contributed by atoms with Crippen LogP contribution < -0.4 is 4.74 Å². The lowest BCUT2D eigenvalue weighted by Crippen LogP contribution is -2.42. The highest BCUT2D eigenvalue weighted by Gasteiger charge is 2.35. The van der Waals surface area contributed by atoms with Crippen molar-refractivity contribution in [2.45, 2.75) is 38.3 Å². The van der Waals surface area contributed by atoms with Crippen molar-refractivity contribution in [3.63, 3.8) is 0 Å². The van der Waals surface area contributed by atoms with Gasteiger partial charge in [0, 0.05) is 43.9 Å². The molecule has 0 bridgehead atoms. The number of hydrogen-bond acceptors (Lipinski definition) is 7. The van der Waals surface area contributed by atoms with Crippen molar-refractivity contribution >= 4 is 10.9 Å². The van der Waals surface area contributed by atoms with E-state index in [1.54, 1.807) is 7.11 Å². The van der Waals surface area contributed by atoms with Crippen molar-refractivity contribution in [1.29, 1.82) is 0 Å². The minimum Gasteiger partial charge on any atom is -0.497 e. The van der Waals surface area contributed by atoms with Gasteiger partial charge in [0.2, 0.25) is 0 Å². The molecule has 2 saturated heterocycles. The zero-order valence-corrected chi connectivity index (χ0v) is 24.4. The van der Waals surface area contributed by atoms with Crippen LogP contribution in [0.1, 0.15) is 48.5 Å². The molecule has 2 aliphatic rings. The van der Waals surface area contributed by atoms with Gasteiger partial charge in [-0.1, -0.05) is 11.8 Å². The minimum atomic E-state index is -1.26. The Bertz CT molecular complexity index is 1480. The van der Waals surface area contributed by atoms with E-state index in [1.165, 1.54) is 0 Å². The molecule has 43 heavy (non-hydrogen) atoms. The van der Waals surface area contributed by atoms with E-state index in [0.29, 0.717) is 76.9 Å². The molecule has 1 atom stereocenters. The monoisotopic (exact) mass is 597 g/mol. The standard InChI is InChI=1S/C33H38F3N3O4/c1-42-26-4-5-29-27(19-26)31(24(20-37-29)21-39-13-15-43-16-14-39)30(41)6-7-33(22-40)8-11-38(12-9-33)10-2-3-23-17-25(34)18-28(35)32(23)36/h4-5,17-20,30,40-41H,6-16,21-22H2,1H3/t30-/m1/s1. The van der Waals surface area contributed by atoms with Crippen LogP contribution in [0.15, 0.2) is 36.5 Å². The number of aliphatic hydroxyl groups is 2. The van der Waals surface area contributed by atoms with Crippen LogP contribution in [0.3, 0.4) is 0 Å². The van der Waals surface area contributed by atoms with Crippen molar-refractivity contribution in [2.24, 2.45) is 5.41 Å². The van der Waals surface area contributed by atoms with Crippen molar-refractivity contribution in [3.05, 3.63) is 70.7 Å². The molecule has 0 amide bonds. The summed E-state index contributed by atoms with van der Waals surface area (Å²) in [6, 6.07) is 7.07. The summed E-state index contributed by atoms with van der Waals surface area (Å²) < 4.78 is 51.8. The molecule has 7 nitrogen and oxygen atoms in total. The van der Waals surface area contributed by atoms with Crippen LogP contribution in [0.25, 0.3) is 10.9 Å². The molecule has 3 aromatic rings. The van der Waals surface area contributed by atoms with Gasteiger partial charge >= 0.3 is 0 Å². The Labute approximate surface area is 250 Å². The fraction of sp³-hybridized carbons (Fsp3) is 0.485. The average molecular weight is 598 g/mol. The lowest BCUT2D eigenvalue weighted by atomic mass is 9.74. The third-order valence-electron chi connectivity index (χ3n) is 8.75. The maximum atomic E-state index is 13.9. The molecule has 0 saturated carbocycles. The first-order valence-corrected chi connectivity index (χ1v) is 14.7. The van der Waals surface area contributed by atoms with E-state index in [9.17, 15) is 23.4 Å². The van der Waals surface area contributed by atoms with E-state index in [2.05, 4.69) is 26.6 Å². The maximum Gasteiger partial charge on any atom is 0.174 e. The predicted octanol–water partition coefficient (Wildman–Crippen LogP) is 4.43. The molecule has 2 N–H and O–H groups in total. The molecule has 0 spiro atoms. The summed E-state index contributed by atoms with van der Waals surface area (Å²) in [6.07, 6.45) is 3.59. The highest BCUT2D eigenvalue weighted by Crippen LogP contribution is 2.40. The van der Waals surface area contributed by atoms with Crippen molar-refractivity contribution < 1.29 is 32.9 Å². The SMILES string of the molecule is COc1ccc2ncc(CN3CCOCC3)c([C@H](O)CCC3(CO)CCN(CC#Cc4cc(F)cc(F)c4F)CC3)c2c1. The summed E-state index contributed by atoms with van der Waals surface area (Å²) in [5.41, 5.74) is 1.94. The van der Waals surface area contributed by atoms with Gasteiger partial charge in [-0.2, -0.15) is 0 Å². The Morgan fingerprint density at radius 2 is 1.84 bits per heavy atom. The fourth-order valence-corrected chi connectivity index (χ4v) is 6.03. The maximum absolute atomic E-state index is 13.9. The van der Waals surface area contributed by atoms with Gasteiger partial charge in [0.1, 0.15) is 11.6 Å². The second-order valence-electron chi connectivity index (χ2n) is 11.5. The van der Waals surface area contributed by atoms with E-state index in [0.717, 1.165) is 41.2 Å². The normalized spacial score (nSPS) is 18.3. The number of nitrogens with zero attached hydrogens (tertiary/aromatic N) is 3. The Morgan fingerprint density at radius 3 is 2.56 bits per heavy atom. The largest absolute Gasteiger partial charge is 0.497 e. The van der Waals surface area contributed by atoms with Gasteiger partial charge in [-0.05, 0) is 79.6 Å². The molecule has 5 rings (SSSR count). The molecular weight excluding hydrogens is 559 g/mol. The molecule has 2 fully saturated rings. The summed E-state index contributed by atoms with van der Waals surface area (Å²) in [5.74, 6) is 2.77. The molecule has 0 radical (unpaired) electrons. The number of piperidine rings is 1. The van der Waals surface area contributed by atoms with Crippen molar-refractivity contribution in [1.82, 2.24) is 14.8 Å². The van der Waals surface area contributed by atoms with E-state index in [-0.39, 0.29) is 17.6 Å². The van der Waals surface area contributed by atoms with E-state index < -0.39 is 23.6 Å². The quantitative estimate of drug-likeness (QED) is 0.279. The zero-order chi connectivity index (χ0) is 30.4. The first-order chi connectivity index (χ1) is 20.8.